The Bertz CT molecular complexity index is 880. The van der Waals surface area contributed by atoms with Crippen molar-refractivity contribution >= 4 is 17.0 Å². The Hall–Kier alpha value is -2.47. The number of aromatic nitrogens is 4. The zero-order chi connectivity index (χ0) is 18.6. The van der Waals surface area contributed by atoms with Crippen molar-refractivity contribution < 1.29 is 0 Å². The Morgan fingerprint density at radius 1 is 1.07 bits per heavy atom. The van der Waals surface area contributed by atoms with Crippen LogP contribution in [0.5, 0.6) is 0 Å². The van der Waals surface area contributed by atoms with Crippen LogP contribution in [0.4, 0.5) is 5.95 Å². The summed E-state index contributed by atoms with van der Waals surface area (Å²) in [6, 6.07) is 11.0. The van der Waals surface area contributed by atoms with Crippen LogP contribution in [0, 0.1) is 5.92 Å². The van der Waals surface area contributed by atoms with Gasteiger partial charge in [0.25, 0.3) is 0 Å². The number of aryl methyl sites for hydroxylation is 1. The summed E-state index contributed by atoms with van der Waals surface area (Å²) in [5.41, 5.74) is 2.99. The molecular weight excluding hydrogens is 336 g/mol. The van der Waals surface area contributed by atoms with Crippen molar-refractivity contribution in [2.45, 2.75) is 44.7 Å². The van der Waals surface area contributed by atoms with Gasteiger partial charge >= 0.3 is 0 Å². The Morgan fingerprint density at radius 3 is 2.56 bits per heavy atom. The van der Waals surface area contributed by atoms with Crippen molar-refractivity contribution in [2.75, 3.05) is 19.4 Å². The second-order valence-corrected chi connectivity index (χ2v) is 7.41. The third kappa shape index (κ3) is 3.81. The highest BCUT2D eigenvalue weighted by Gasteiger charge is 2.21. The van der Waals surface area contributed by atoms with Crippen molar-refractivity contribution in [3.8, 4) is 11.3 Å². The zero-order valence-electron chi connectivity index (χ0n) is 16.2. The molecule has 1 aromatic carbocycles. The van der Waals surface area contributed by atoms with Gasteiger partial charge in [0.15, 0.2) is 5.65 Å². The highest BCUT2D eigenvalue weighted by atomic mass is 15.3. The van der Waals surface area contributed by atoms with E-state index in [4.69, 9.17) is 10.1 Å². The second kappa shape index (κ2) is 8.05. The van der Waals surface area contributed by atoms with Crippen LogP contribution >= 0.6 is 0 Å². The summed E-state index contributed by atoms with van der Waals surface area (Å²) >= 11 is 0. The molecule has 6 nitrogen and oxygen atoms in total. The number of hydrogen-bond donors (Lipinski definition) is 2. The Labute approximate surface area is 160 Å². The van der Waals surface area contributed by atoms with Crippen molar-refractivity contribution in [3.05, 3.63) is 36.5 Å². The molecule has 0 saturated heterocycles. The number of nitrogens with one attached hydrogen (secondary N) is 2. The monoisotopic (exact) mass is 364 g/mol. The van der Waals surface area contributed by atoms with Gasteiger partial charge in [0.2, 0.25) is 5.95 Å². The molecule has 0 spiro atoms. The van der Waals surface area contributed by atoms with Crippen molar-refractivity contribution in [2.24, 2.45) is 5.92 Å². The van der Waals surface area contributed by atoms with Crippen LogP contribution in [0.2, 0.25) is 0 Å². The molecule has 4 rings (SSSR count). The molecule has 0 aliphatic heterocycles. The Morgan fingerprint density at radius 2 is 1.85 bits per heavy atom. The number of anilines is 1. The van der Waals surface area contributed by atoms with Crippen LogP contribution in [0.1, 0.15) is 32.1 Å². The van der Waals surface area contributed by atoms with Gasteiger partial charge in [-0.05, 0) is 45.1 Å². The van der Waals surface area contributed by atoms with Crippen LogP contribution in [0.25, 0.3) is 22.3 Å². The van der Waals surface area contributed by atoms with Gasteiger partial charge in [0, 0.05) is 31.4 Å². The molecule has 2 heterocycles. The lowest BCUT2D eigenvalue weighted by Crippen LogP contribution is -2.30. The van der Waals surface area contributed by atoms with Crippen molar-refractivity contribution in [1.82, 2.24) is 25.1 Å². The molecule has 6 heteroatoms. The average molecular weight is 364 g/mol. The molecule has 27 heavy (non-hydrogen) atoms. The largest absolute Gasteiger partial charge is 0.357 e. The van der Waals surface area contributed by atoms with E-state index < -0.39 is 0 Å². The van der Waals surface area contributed by atoms with Gasteiger partial charge in [0.05, 0.1) is 5.39 Å². The molecule has 0 amide bonds. The van der Waals surface area contributed by atoms with Crippen molar-refractivity contribution in [3.63, 3.8) is 0 Å². The van der Waals surface area contributed by atoms with E-state index in [1.165, 1.54) is 25.7 Å². The number of fused-ring (bicyclic) bond motifs is 1. The lowest BCUT2D eigenvalue weighted by Gasteiger charge is -2.28. The molecular formula is C21H28N6. The zero-order valence-corrected chi connectivity index (χ0v) is 16.2. The summed E-state index contributed by atoms with van der Waals surface area (Å²) in [6.45, 7) is 0.901. The summed E-state index contributed by atoms with van der Waals surface area (Å²) in [5, 5.41) is 12.4. The molecule has 1 aliphatic carbocycles. The van der Waals surface area contributed by atoms with Gasteiger partial charge < -0.3 is 10.6 Å². The molecule has 142 valence electrons. The summed E-state index contributed by atoms with van der Waals surface area (Å²) in [6.07, 6.45) is 8.20. The molecule has 0 radical (unpaired) electrons. The lowest BCUT2D eigenvalue weighted by molar-refractivity contribution is 0.277. The van der Waals surface area contributed by atoms with Gasteiger partial charge in [-0.1, -0.05) is 30.3 Å². The molecule has 0 bridgehead atoms. The van der Waals surface area contributed by atoms with Gasteiger partial charge in [-0.3, -0.25) is 0 Å². The normalized spacial score (nSPS) is 20.1. The number of nitrogens with zero attached hydrogens (tertiary/aromatic N) is 4. The minimum absolute atomic E-state index is 0.637. The predicted molar refractivity (Wildman–Crippen MR) is 110 cm³/mol. The lowest BCUT2D eigenvalue weighted by atomic mass is 9.84. The average Bonchev–Trinajstić information content (AvgIpc) is 3.11. The van der Waals surface area contributed by atoms with Crippen LogP contribution in [0.3, 0.4) is 0 Å². The molecule has 1 saturated carbocycles. The summed E-state index contributed by atoms with van der Waals surface area (Å²) in [4.78, 5) is 9.11. The highest BCUT2D eigenvalue weighted by Crippen LogP contribution is 2.30. The SMILES string of the molecule is CNc1ncc2c(-c3ccccc3)nn(CCC3CCC(NC)CC3)c2n1. The van der Waals surface area contributed by atoms with E-state index in [0.717, 1.165) is 41.2 Å². The Kier molecular flexibility index (Phi) is 5.34. The van der Waals surface area contributed by atoms with E-state index in [-0.39, 0.29) is 0 Å². The number of hydrogen-bond acceptors (Lipinski definition) is 5. The predicted octanol–water partition coefficient (Wildman–Crippen LogP) is 3.70. The van der Waals surface area contributed by atoms with Gasteiger partial charge in [-0.15, -0.1) is 0 Å². The van der Waals surface area contributed by atoms with Crippen LogP contribution < -0.4 is 10.6 Å². The summed E-state index contributed by atoms with van der Waals surface area (Å²) in [5.74, 6) is 1.41. The maximum atomic E-state index is 4.92. The van der Waals surface area contributed by atoms with E-state index in [1.54, 1.807) is 0 Å². The molecule has 2 N–H and O–H groups in total. The molecule has 2 aromatic heterocycles. The second-order valence-electron chi connectivity index (χ2n) is 7.41. The first-order chi connectivity index (χ1) is 13.3. The molecule has 0 unspecified atom stereocenters. The third-order valence-electron chi connectivity index (χ3n) is 5.76. The first-order valence-electron chi connectivity index (χ1n) is 9.92. The van der Waals surface area contributed by atoms with Crippen LogP contribution in [0.15, 0.2) is 36.5 Å². The first-order valence-corrected chi connectivity index (χ1v) is 9.92. The molecule has 0 atom stereocenters. The smallest absolute Gasteiger partial charge is 0.224 e. The topological polar surface area (TPSA) is 67.7 Å². The number of benzene rings is 1. The van der Waals surface area contributed by atoms with Crippen molar-refractivity contribution in [1.29, 1.82) is 0 Å². The molecule has 1 fully saturated rings. The highest BCUT2D eigenvalue weighted by molar-refractivity contribution is 5.91. The third-order valence-corrected chi connectivity index (χ3v) is 5.76. The molecule has 1 aliphatic rings. The summed E-state index contributed by atoms with van der Waals surface area (Å²) < 4.78 is 2.07. The van der Waals surface area contributed by atoms with Gasteiger partial charge in [-0.25, -0.2) is 9.67 Å². The minimum Gasteiger partial charge on any atom is -0.357 e. The fourth-order valence-electron chi connectivity index (χ4n) is 4.09. The maximum absolute atomic E-state index is 4.92. The molecule has 3 aromatic rings. The van der Waals surface area contributed by atoms with Gasteiger partial charge in [0.1, 0.15) is 5.69 Å². The number of rotatable bonds is 6. The van der Waals surface area contributed by atoms with Crippen LogP contribution in [-0.4, -0.2) is 39.9 Å². The van der Waals surface area contributed by atoms with E-state index >= 15 is 0 Å². The fourth-order valence-corrected chi connectivity index (χ4v) is 4.09. The van der Waals surface area contributed by atoms with E-state index in [0.29, 0.717) is 12.0 Å². The quantitative estimate of drug-likeness (QED) is 0.698. The first kappa shape index (κ1) is 17.9. The standard InChI is InChI=1S/C21H28N6/c1-22-17-10-8-15(9-11-17)12-13-27-20-18(14-24-21(23-2)25-20)19(26-27)16-6-4-3-5-7-16/h3-7,14-15,17,22H,8-13H2,1-2H3,(H,23,24,25). The minimum atomic E-state index is 0.637. The van der Waals surface area contributed by atoms with Crippen LogP contribution in [-0.2, 0) is 6.54 Å². The Balaban J connectivity index is 1.60. The van der Waals surface area contributed by atoms with E-state index in [9.17, 15) is 0 Å². The van der Waals surface area contributed by atoms with E-state index in [1.807, 2.05) is 31.4 Å². The summed E-state index contributed by atoms with van der Waals surface area (Å²) in [7, 11) is 3.92. The van der Waals surface area contributed by atoms with Gasteiger partial charge in [-0.2, -0.15) is 10.1 Å². The fraction of sp³-hybridized carbons (Fsp3) is 0.476. The van der Waals surface area contributed by atoms with E-state index in [2.05, 4.69) is 39.5 Å². The maximum Gasteiger partial charge on any atom is 0.224 e.